The SMILES string of the molecule is O=S(N(c1ccccc1)S(=O)(=O)c1ccccc1)C(Cl)(Cl)Cl. The summed E-state index contributed by atoms with van der Waals surface area (Å²) < 4.78 is 36.3. The summed E-state index contributed by atoms with van der Waals surface area (Å²) in [6.45, 7) is 0. The van der Waals surface area contributed by atoms with E-state index in [4.69, 9.17) is 34.8 Å². The molecule has 0 aromatic heterocycles. The van der Waals surface area contributed by atoms with Crippen LogP contribution in [0.3, 0.4) is 0 Å². The second-order valence-corrected chi connectivity index (χ2v) is 10.5. The molecule has 0 radical (unpaired) electrons. The fourth-order valence-corrected chi connectivity index (χ4v) is 5.54. The molecule has 2 rings (SSSR count). The number of halogens is 3. The molecule has 0 fully saturated rings. The number of anilines is 1. The van der Waals surface area contributed by atoms with Crippen molar-refractivity contribution in [2.24, 2.45) is 0 Å². The van der Waals surface area contributed by atoms with Gasteiger partial charge in [-0.1, -0.05) is 71.2 Å². The zero-order valence-electron chi connectivity index (χ0n) is 10.9. The molecule has 0 N–H and O–H groups in total. The molecule has 0 bridgehead atoms. The predicted molar refractivity (Wildman–Crippen MR) is 91.0 cm³/mol. The lowest BCUT2D eigenvalue weighted by Gasteiger charge is -2.26. The van der Waals surface area contributed by atoms with Crippen molar-refractivity contribution in [3.8, 4) is 0 Å². The summed E-state index contributed by atoms with van der Waals surface area (Å²) in [6.07, 6.45) is 0. The van der Waals surface area contributed by atoms with Crippen molar-refractivity contribution < 1.29 is 12.6 Å². The number of hydrogen-bond acceptors (Lipinski definition) is 3. The van der Waals surface area contributed by atoms with Gasteiger partial charge in [-0.3, -0.25) is 0 Å². The average Bonchev–Trinajstić information content (AvgIpc) is 2.48. The van der Waals surface area contributed by atoms with Crippen LogP contribution in [0.2, 0.25) is 0 Å². The van der Waals surface area contributed by atoms with Crippen molar-refractivity contribution >= 4 is 61.5 Å². The first-order chi connectivity index (χ1) is 10.2. The average molecular weight is 399 g/mol. The maximum Gasteiger partial charge on any atom is 0.286 e. The van der Waals surface area contributed by atoms with Crippen LogP contribution < -0.4 is 3.71 Å². The van der Waals surface area contributed by atoms with Crippen LogP contribution in [0.5, 0.6) is 0 Å². The molecule has 0 heterocycles. The number of sulfonamides is 1. The molecule has 0 spiro atoms. The Morgan fingerprint density at radius 3 is 1.77 bits per heavy atom. The normalized spacial score (nSPS) is 13.6. The van der Waals surface area contributed by atoms with Crippen molar-refractivity contribution in [1.29, 1.82) is 0 Å². The molecule has 0 aliphatic rings. The maximum absolute atomic E-state index is 12.8. The van der Waals surface area contributed by atoms with E-state index in [1.54, 1.807) is 36.4 Å². The van der Waals surface area contributed by atoms with Crippen LogP contribution in [-0.2, 0) is 21.0 Å². The smallest absolute Gasteiger partial charge is 0.231 e. The molecule has 9 heteroatoms. The molecule has 2 aromatic carbocycles. The van der Waals surface area contributed by atoms with Crippen molar-refractivity contribution in [3.05, 3.63) is 60.7 Å². The highest BCUT2D eigenvalue weighted by Crippen LogP contribution is 2.37. The largest absolute Gasteiger partial charge is 0.286 e. The minimum Gasteiger partial charge on any atom is -0.231 e. The third kappa shape index (κ3) is 3.75. The lowest BCUT2D eigenvalue weighted by Crippen LogP contribution is -2.38. The molecule has 22 heavy (non-hydrogen) atoms. The molecule has 118 valence electrons. The fourth-order valence-electron chi connectivity index (χ4n) is 1.66. The molecule has 2 aromatic rings. The van der Waals surface area contributed by atoms with E-state index >= 15 is 0 Å². The maximum atomic E-state index is 12.8. The van der Waals surface area contributed by atoms with Gasteiger partial charge in [-0.15, -0.1) is 0 Å². The standard InChI is InChI=1S/C13H10Cl3NO3S2/c14-13(15,16)21(18)17(11-7-3-1-4-8-11)22(19,20)12-9-5-2-6-10-12/h1-10H. The van der Waals surface area contributed by atoms with Gasteiger partial charge in [0.1, 0.15) is 0 Å². The van der Waals surface area contributed by atoms with Gasteiger partial charge in [0.2, 0.25) is 0 Å². The molecule has 0 saturated carbocycles. The van der Waals surface area contributed by atoms with E-state index in [9.17, 15) is 12.6 Å². The Bertz CT molecular complexity index is 762. The third-order valence-corrected chi connectivity index (χ3v) is 7.18. The molecule has 1 unspecified atom stereocenters. The lowest BCUT2D eigenvalue weighted by atomic mass is 10.3. The number of nitrogens with zero attached hydrogens (tertiary/aromatic N) is 1. The Morgan fingerprint density at radius 2 is 1.32 bits per heavy atom. The number of alkyl halides is 3. The van der Waals surface area contributed by atoms with Gasteiger partial charge in [-0.05, 0) is 24.3 Å². The van der Waals surface area contributed by atoms with Crippen molar-refractivity contribution in [1.82, 2.24) is 0 Å². The Morgan fingerprint density at radius 1 is 0.864 bits per heavy atom. The van der Waals surface area contributed by atoms with Crippen LogP contribution in [0, 0.1) is 0 Å². The van der Waals surface area contributed by atoms with Crippen molar-refractivity contribution in [3.63, 3.8) is 0 Å². The van der Waals surface area contributed by atoms with Gasteiger partial charge < -0.3 is 0 Å². The summed E-state index contributed by atoms with van der Waals surface area (Å²) in [5.74, 6) is 0. The van der Waals surface area contributed by atoms with E-state index in [-0.39, 0.29) is 10.6 Å². The third-order valence-electron chi connectivity index (χ3n) is 2.57. The van der Waals surface area contributed by atoms with E-state index in [1.807, 2.05) is 0 Å². The molecule has 0 saturated heterocycles. The van der Waals surface area contributed by atoms with Gasteiger partial charge in [0.15, 0.2) is 11.0 Å². The Balaban J connectivity index is 2.62. The summed E-state index contributed by atoms with van der Waals surface area (Å²) >= 11 is 16.9. The minimum atomic E-state index is -4.16. The summed E-state index contributed by atoms with van der Waals surface area (Å²) in [5, 5.41) is 0. The molecule has 4 nitrogen and oxygen atoms in total. The van der Waals surface area contributed by atoms with Gasteiger partial charge in [0.05, 0.1) is 10.6 Å². The highest BCUT2D eigenvalue weighted by Gasteiger charge is 2.41. The van der Waals surface area contributed by atoms with Gasteiger partial charge in [0, 0.05) is 0 Å². The van der Waals surface area contributed by atoms with Crippen LogP contribution >= 0.6 is 34.8 Å². The van der Waals surface area contributed by atoms with E-state index in [2.05, 4.69) is 0 Å². The monoisotopic (exact) mass is 397 g/mol. The first-order valence-electron chi connectivity index (χ1n) is 5.89. The van der Waals surface area contributed by atoms with Crippen LogP contribution in [-0.4, -0.2) is 15.8 Å². The summed E-state index contributed by atoms with van der Waals surface area (Å²) in [4.78, 5) is -0.0542. The van der Waals surface area contributed by atoms with Gasteiger partial charge >= 0.3 is 0 Å². The van der Waals surface area contributed by atoms with Crippen LogP contribution in [0.4, 0.5) is 5.69 Å². The van der Waals surface area contributed by atoms with Crippen molar-refractivity contribution in [2.75, 3.05) is 3.71 Å². The zero-order chi connectivity index (χ0) is 16.4. The minimum absolute atomic E-state index is 0.0542. The predicted octanol–water partition coefficient (Wildman–Crippen LogP) is 3.87. The molecular weight excluding hydrogens is 389 g/mol. The molecule has 0 aliphatic carbocycles. The van der Waals surface area contributed by atoms with Gasteiger partial charge in [0.25, 0.3) is 13.1 Å². The first kappa shape index (κ1) is 17.6. The van der Waals surface area contributed by atoms with Crippen molar-refractivity contribution in [2.45, 2.75) is 8.02 Å². The van der Waals surface area contributed by atoms with E-state index in [0.717, 1.165) is 0 Å². The highest BCUT2D eigenvalue weighted by molar-refractivity contribution is 8.09. The second kappa shape index (κ2) is 6.76. The lowest BCUT2D eigenvalue weighted by molar-refractivity contribution is 0.597. The van der Waals surface area contributed by atoms with E-state index in [0.29, 0.717) is 3.71 Å². The fraction of sp³-hybridized carbons (Fsp3) is 0.0769. The van der Waals surface area contributed by atoms with E-state index < -0.39 is 24.1 Å². The van der Waals surface area contributed by atoms with Crippen LogP contribution in [0.15, 0.2) is 65.6 Å². The molecule has 0 aliphatic heterocycles. The Hall–Kier alpha value is -0.790. The van der Waals surface area contributed by atoms with Crippen LogP contribution in [0.25, 0.3) is 0 Å². The van der Waals surface area contributed by atoms with Gasteiger partial charge in [-0.25, -0.2) is 12.6 Å². The topological polar surface area (TPSA) is 54.5 Å². The zero-order valence-corrected chi connectivity index (χ0v) is 14.8. The van der Waals surface area contributed by atoms with E-state index in [1.165, 1.54) is 24.3 Å². The molecular formula is C13H10Cl3NO3S2. The number of hydrogen-bond donors (Lipinski definition) is 0. The second-order valence-electron chi connectivity index (χ2n) is 4.08. The Kier molecular flexibility index (Phi) is 5.40. The van der Waals surface area contributed by atoms with Gasteiger partial charge in [-0.2, -0.15) is 3.71 Å². The summed E-state index contributed by atoms with van der Waals surface area (Å²) in [5.41, 5.74) is 0.135. The molecule has 0 amide bonds. The highest BCUT2D eigenvalue weighted by atomic mass is 35.6. The molecule has 1 atom stereocenters. The summed E-state index contributed by atoms with van der Waals surface area (Å²) in [6, 6.07) is 15.3. The number of para-hydroxylation sites is 1. The first-order valence-corrected chi connectivity index (χ1v) is 9.57. The Labute approximate surface area is 146 Å². The number of benzene rings is 2. The number of rotatable bonds is 4. The van der Waals surface area contributed by atoms with Crippen LogP contribution in [0.1, 0.15) is 0 Å². The quantitative estimate of drug-likeness (QED) is 0.735. The summed E-state index contributed by atoms with van der Waals surface area (Å²) in [7, 11) is -6.61.